The number of nitrogens with two attached hydrogens (primary N) is 1. The molecule has 0 amide bonds. The molecule has 106 valence electrons. The van der Waals surface area contributed by atoms with Gasteiger partial charge in [0.1, 0.15) is 5.75 Å². The Morgan fingerprint density at radius 3 is 2.40 bits per heavy atom. The molecule has 0 fully saturated rings. The minimum Gasteiger partial charge on any atom is -0.496 e. The first-order valence-electron chi connectivity index (χ1n) is 6.36. The Morgan fingerprint density at radius 2 is 1.80 bits per heavy atom. The largest absolute Gasteiger partial charge is 0.496 e. The Hall–Kier alpha value is -1.22. The molecule has 1 atom stereocenters. The quantitative estimate of drug-likeness (QED) is 0.899. The zero-order chi connectivity index (χ0) is 14.7. The highest BCUT2D eigenvalue weighted by atomic mass is 35.5. The molecule has 0 bridgehead atoms. The van der Waals surface area contributed by atoms with Gasteiger partial charge in [-0.3, -0.25) is 0 Å². The van der Waals surface area contributed by atoms with Crippen LogP contribution in [0.2, 0.25) is 10.0 Å². The molecule has 0 aromatic heterocycles. The third kappa shape index (κ3) is 3.26. The first kappa shape index (κ1) is 15.2. The van der Waals surface area contributed by atoms with Gasteiger partial charge in [0.15, 0.2) is 0 Å². The van der Waals surface area contributed by atoms with Crippen LogP contribution in [-0.4, -0.2) is 7.11 Å². The molecule has 2 aromatic carbocycles. The fourth-order valence-electron chi connectivity index (χ4n) is 2.20. The Labute approximate surface area is 129 Å². The van der Waals surface area contributed by atoms with Gasteiger partial charge in [-0.05, 0) is 37.1 Å². The van der Waals surface area contributed by atoms with Gasteiger partial charge in [-0.2, -0.15) is 0 Å². The lowest BCUT2D eigenvalue weighted by Crippen LogP contribution is -2.15. The van der Waals surface area contributed by atoms with E-state index in [1.807, 2.05) is 43.3 Å². The third-order valence-corrected chi connectivity index (χ3v) is 3.98. The Bertz CT molecular complexity index is 593. The molecular weight excluding hydrogens is 293 g/mol. The van der Waals surface area contributed by atoms with E-state index in [-0.39, 0.29) is 6.04 Å². The van der Waals surface area contributed by atoms with Crippen LogP contribution < -0.4 is 10.5 Å². The van der Waals surface area contributed by atoms with Crippen LogP contribution in [0.5, 0.6) is 5.75 Å². The van der Waals surface area contributed by atoms with E-state index >= 15 is 0 Å². The first-order valence-corrected chi connectivity index (χ1v) is 7.11. The molecule has 20 heavy (non-hydrogen) atoms. The van der Waals surface area contributed by atoms with Gasteiger partial charge in [0.25, 0.3) is 0 Å². The molecule has 0 radical (unpaired) electrons. The van der Waals surface area contributed by atoms with Gasteiger partial charge in [-0.1, -0.05) is 47.0 Å². The summed E-state index contributed by atoms with van der Waals surface area (Å²) >= 11 is 12.4. The summed E-state index contributed by atoms with van der Waals surface area (Å²) in [5.74, 6) is 0.784. The number of rotatable bonds is 4. The minimum absolute atomic E-state index is 0.220. The smallest absolute Gasteiger partial charge is 0.123 e. The zero-order valence-corrected chi connectivity index (χ0v) is 13.0. The van der Waals surface area contributed by atoms with Gasteiger partial charge >= 0.3 is 0 Å². The van der Waals surface area contributed by atoms with Gasteiger partial charge < -0.3 is 10.5 Å². The number of halogens is 2. The molecular formula is C16H17Cl2NO. The summed E-state index contributed by atoms with van der Waals surface area (Å²) in [6, 6.07) is 11.2. The van der Waals surface area contributed by atoms with E-state index < -0.39 is 0 Å². The molecule has 2 N–H and O–H groups in total. The van der Waals surface area contributed by atoms with Crippen molar-refractivity contribution in [1.29, 1.82) is 0 Å². The molecule has 0 heterocycles. The summed E-state index contributed by atoms with van der Waals surface area (Å²) < 4.78 is 5.37. The Kier molecular flexibility index (Phi) is 4.92. The number of hydrogen-bond acceptors (Lipinski definition) is 2. The molecule has 2 nitrogen and oxygen atoms in total. The minimum atomic E-state index is -0.220. The molecule has 0 saturated heterocycles. The highest BCUT2D eigenvalue weighted by Gasteiger charge is 2.16. The van der Waals surface area contributed by atoms with Crippen molar-refractivity contribution in [2.24, 2.45) is 5.73 Å². The van der Waals surface area contributed by atoms with Crippen molar-refractivity contribution < 1.29 is 4.74 Å². The van der Waals surface area contributed by atoms with Crippen molar-refractivity contribution in [2.45, 2.75) is 19.4 Å². The van der Waals surface area contributed by atoms with Crippen LogP contribution in [0.1, 0.15) is 22.7 Å². The van der Waals surface area contributed by atoms with Crippen LogP contribution in [0.15, 0.2) is 36.4 Å². The molecule has 1 unspecified atom stereocenters. The van der Waals surface area contributed by atoms with Gasteiger partial charge in [-0.25, -0.2) is 0 Å². The van der Waals surface area contributed by atoms with E-state index in [0.717, 1.165) is 22.4 Å². The average molecular weight is 310 g/mol. The van der Waals surface area contributed by atoms with Crippen LogP contribution in [-0.2, 0) is 6.42 Å². The van der Waals surface area contributed by atoms with Gasteiger partial charge in [0.05, 0.1) is 7.11 Å². The summed E-state index contributed by atoms with van der Waals surface area (Å²) in [7, 11) is 1.64. The van der Waals surface area contributed by atoms with E-state index in [4.69, 9.17) is 33.7 Å². The molecule has 2 rings (SSSR count). The number of ether oxygens (including phenoxy) is 1. The first-order chi connectivity index (χ1) is 9.52. The lowest BCUT2D eigenvalue weighted by atomic mass is 9.97. The maximum Gasteiger partial charge on any atom is 0.123 e. The fraction of sp³-hybridized carbons (Fsp3) is 0.250. The molecule has 0 aliphatic heterocycles. The van der Waals surface area contributed by atoms with Gasteiger partial charge in [0.2, 0.25) is 0 Å². The van der Waals surface area contributed by atoms with Crippen LogP contribution in [0.4, 0.5) is 0 Å². The Morgan fingerprint density at radius 1 is 1.15 bits per heavy atom. The van der Waals surface area contributed by atoms with Crippen molar-refractivity contribution in [2.75, 3.05) is 7.11 Å². The maximum absolute atomic E-state index is 6.31. The lowest BCUT2D eigenvalue weighted by molar-refractivity contribution is 0.405. The topological polar surface area (TPSA) is 35.2 Å². The third-order valence-electron chi connectivity index (χ3n) is 3.27. The standard InChI is InChI=1S/C16H17Cl2NO/c1-10-6-7-16(20-2)12(8-10)15(19)9-11-13(17)4-3-5-14(11)18/h3-8,15H,9,19H2,1-2H3. The van der Waals surface area contributed by atoms with Crippen molar-refractivity contribution in [1.82, 2.24) is 0 Å². The van der Waals surface area contributed by atoms with Crippen LogP contribution >= 0.6 is 23.2 Å². The predicted molar refractivity (Wildman–Crippen MR) is 84.8 cm³/mol. The zero-order valence-electron chi connectivity index (χ0n) is 11.5. The van der Waals surface area contributed by atoms with Crippen molar-refractivity contribution in [3.8, 4) is 5.75 Å². The van der Waals surface area contributed by atoms with E-state index in [1.165, 1.54) is 0 Å². The summed E-state index contributed by atoms with van der Waals surface area (Å²) in [6.07, 6.45) is 0.568. The maximum atomic E-state index is 6.31. The highest BCUT2D eigenvalue weighted by Crippen LogP contribution is 2.32. The van der Waals surface area contributed by atoms with Crippen LogP contribution in [0, 0.1) is 6.92 Å². The van der Waals surface area contributed by atoms with Crippen LogP contribution in [0.3, 0.4) is 0 Å². The van der Waals surface area contributed by atoms with E-state index in [2.05, 4.69) is 0 Å². The van der Waals surface area contributed by atoms with Crippen molar-refractivity contribution >= 4 is 23.2 Å². The second-order valence-corrected chi connectivity index (χ2v) is 5.57. The van der Waals surface area contributed by atoms with Gasteiger partial charge in [0, 0.05) is 21.7 Å². The van der Waals surface area contributed by atoms with Crippen LogP contribution in [0.25, 0.3) is 0 Å². The van der Waals surface area contributed by atoms with Crippen molar-refractivity contribution in [3.05, 3.63) is 63.1 Å². The second kappa shape index (κ2) is 6.49. The molecule has 2 aromatic rings. The van der Waals surface area contributed by atoms with E-state index in [1.54, 1.807) is 7.11 Å². The number of hydrogen-bond donors (Lipinski definition) is 1. The summed E-state index contributed by atoms with van der Waals surface area (Å²) in [6.45, 7) is 2.03. The van der Waals surface area contributed by atoms with E-state index in [9.17, 15) is 0 Å². The van der Waals surface area contributed by atoms with Crippen molar-refractivity contribution in [3.63, 3.8) is 0 Å². The SMILES string of the molecule is COc1ccc(C)cc1C(N)Cc1c(Cl)cccc1Cl. The second-order valence-electron chi connectivity index (χ2n) is 4.76. The summed E-state index contributed by atoms with van der Waals surface area (Å²) in [5, 5.41) is 1.28. The number of benzene rings is 2. The molecule has 0 spiro atoms. The lowest BCUT2D eigenvalue weighted by Gasteiger charge is -2.18. The monoisotopic (exact) mass is 309 g/mol. The fourth-order valence-corrected chi connectivity index (χ4v) is 2.75. The normalized spacial score (nSPS) is 12.2. The molecule has 4 heteroatoms. The summed E-state index contributed by atoms with van der Waals surface area (Å²) in [4.78, 5) is 0. The van der Waals surface area contributed by atoms with Gasteiger partial charge in [-0.15, -0.1) is 0 Å². The predicted octanol–water partition coefficient (Wildman–Crippen LogP) is 4.55. The summed E-state index contributed by atoms with van der Waals surface area (Å²) in [5.41, 5.74) is 9.28. The average Bonchev–Trinajstić information content (AvgIpc) is 2.43. The molecule has 0 aliphatic carbocycles. The number of aryl methyl sites for hydroxylation is 1. The molecule has 0 aliphatic rings. The number of methoxy groups -OCH3 is 1. The van der Waals surface area contributed by atoms with E-state index in [0.29, 0.717) is 16.5 Å². The molecule has 0 saturated carbocycles. The Balaban J connectivity index is 2.33. The highest BCUT2D eigenvalue weighted by molar-refractivity contribution is 6.36.